The van der Waals surface area contributed by atoms with E-state index in [1.54, 1.807) is 24.3 Å². The molecule has 2 aromatic rings. The average molecular weight is 433 g/mol. The normalized spacial score (nSPS) is 12.3. The van der Waals surface area contributed by atoms with Gasteiger partial charge in [-0.25, -0.2) is 4.79 Å². The highest BCUT2D eigenvalue weighted by atomic mass is 31.2. The van der Waals surface area contributed by atoms with Gasteiger partial charge in [0.2, 0.25) is 0 Å². The maximum absolute atomic E-state index is 12.7. The molecule has 0 aliphatic heterocycles. The van der Waals surface area contributed by atoms with E-state index >= 15 is 0 Å². The molecule has 0 spiro atoms. The number of hydrogen-bond acceptors (Lipinski definition) is 6. The maximum Gasteiger partial charge on any atom is 0.334 e. The SMILES string of the molecule is COC(=O)[C@H](Cc1c(C)cccc1C)NC(=O)c1ccc(CP(=O)(OC)OC)cc1. The van der Waals surface area contributed by atoms with Crippen molar-refractivity contribution >= 4 is 19.5 Å². The average Bonchev–Trinajstić information content (AvgIpc) is 2.75. The van der Waals surface area contributed by atoms with Crippen molar-refractivity contribution in [2.75, 3.05) is 21.3 Å². The Kier molecular flexibility index (Phi) is 8.35. The summed E-state index contributed by atoms with van der Waals surface area (Å²) in [7, 11) is 0.762. The van der Waals surface area contributed by atoms with E-state index in [4.69, 9.17) is 13.8 Å². The molecule has 2 rings (SSSR count). The fourth-order valence-corrected chi connectivity index (χ4v) is 4.21. The highest BCUT2D eigenvalue weighted by Crippen LogP contribution is 2.49. The van der Waals surface area contributed by atoms with Crippen molar-refractivity contribution < 1.29 is 27.9 Å². The molecule has 1 atom stereocenters. The molecule has 0 aliphatic rings. The Morgan fingerprint density at radius 2 is 1.53 bits per heavy atom. The number of nitrogens with one attached hydrogen (secondary N) is 1. The molecule has 30 heavy (non-hydrogen) atoms. The van der Waals surface area contributed by atoms with Gasteiger partial charge in [-0.2, -0.15) is 0 Å². The fraction of sp³-hybridized carbons (Fsp3) is 0.364. The van der Waals surface area contributed by atoms with E-state index < -0.39 is 25.5 Å². The van der Waals surface area contributed by atoms with E-state index in [1.807, 2.05) is 32.0 Å². The van der Waals surface area contributed by atoms with E-state index in [-0.39, 0.29) is 6.16 Å². The molecule has 1 N–H and O–H groups in total. The van der Waals surface area contributed by atoms with Crippen molar-refractivity contribution in [2.45, 2.75) is 32.5 Å². The van der Waals surface area contributed by atoms with Gasteiger partial charge in [0.05, 0.1) is 13.3 Å². The highest BCUT2D eigenvalue weighted by Gasteiger charge is 2.25. The molecular weight excluding hydrogens is 405 g/mol. The molecule has 0 radical (unpaired) electrons. The molecule has 0 saturated carbocycles. The number of hydrogen-bond donors (Lipinski definition) is 1. The Bertz CT molecular complexity index is 913. The first-order chi connectivity index (χ1) is 14.2. The lowest BCUT2D eigenvalue weighted by Crippen LogP contribution is -2.43. The number of carbonyl (C=O) groups is 2. The molecular formula is C22H28NO6P. The van der Waals surface area contributed by atoms with Crippen LogP contribution in [-0.2, 0) is 35.7 Å². The summed E-state index contributed by atoms with van der Waals surface area (Å²) >= 11 is 0. The van der Waals surface area contributed by atoms with Crippen LogP contribution in [0.4, 0.5) is 0 Å². The molecule has 0 aromatic heterocycles. The Hall–Kier alpha value is -2.47. The van der Waals surface area contributed by atoms with Gasteiger partial charge in [0.15, 0.2) is 0 Å². The fourth-order valence-electron chi connectivity index (χ4n) is 3.14. The van der Waals surface area contributed by atoms with Crippen molar-refractivity contribution in [2.24, 2.45) is 0 Å². The molecule has 0 unspecified atom stereocenters. The van der Waals surface area contributed by atoms with Crippen LogP contribution in [0.15, 0.2) is 42.5 Å². The molecule has 8 heteroatoms. The smallest absolute Gasteiger partial charge is 0.334 e. The van der Waals surface area contributed by atoms with Crippen LogP contribution in [0.5, 0.6) is 0 Å². The molecule has 0 bridgehead atoms. The summed E-state index contributed by atoms with van der Waals surface area (Å²) < 4.78 is 27.0. The molecule has 162 valence electrons. The topological polar surface area (TPSA) is 90.9 Å². The predicted octanol–water partition coefficient (Wildman–Crippen LogP) is 3.80. The third-order valence-corrected chi connectivity index (χ3v) is 6.86. The van der Waals surface area contributed by atoms with Gasteiger partial charge in [-0.05, 0) is 48.2 Å². The molecule has 0 aliphatic carbocycles. The number of benzene rings is 2. The largest absolute Gasteiger partial charge is 0.467 e. The maximum atomic E-state index is 12.7. The van der Waals surface area contributed by atoms with Gasteiger partial charge in [-0.3, -0.25) is 9.36 Å². The second kappa shape index (κ2) is 10.5. The standard InChI is InChI=1S/C22H28NO6P/c1-15-7-6-8-16(2)19(15)13-20(22(25)27-3)23-21(24)18-11-9-17(10-12-18)14-30(26,28-4)29-5/h6-12,20H,13-14H2,1-5H3,(H,23,24)/t20-/m0/s1. The zero-order valence-electron chi connectivity index (χ0n) is 17.9. The number of amides is 1. The minimum absolute atomic E-state index is 0.0965. The Morgan fingerprint density at radius 1 is 0.967 bits per heavy atom. The molecule has 0 saturated heterocycles. The summed E-state index contributed by atoms with van der Waals surface area (Å²) in [5.41, 5.74) is 4.17. The summed E-state index contributed by atoms with van der Waals surface area (Å²) in [6.45, 7) is 3.94. The van der Waals surface area contributed by atoms with E-state index in [1.165, 1.54) is 21.3 Å². The Morgan fingerprint density at radius 3 is 2.03 bits per heavy atom. The molecule has 0 heterocycles. The van der Waals surface area contributed by atoms with E-state index in [0.29, 0.717) is 17.5 Å². The second-order valence-corrected chi connectivity index (χ2v) is 9.22. The monoisotopic (exact) mass is 433 g/mol. The minimum Gasteiger partial charge on any atom is -0.467 e. The lowest BCUT2D eigenvalue weighted by atomic mass is 9.96. The first-order valence-electron chi connectivity index (χ1n) is 9.46. The molecule has 0 fully saturated rings. The zero-order chi connectivity index (χ0) is 22.3. The molecule has 7 nitrogen and oxygen atoms in total. The van der Waals surface area contributed by atoms with E-state index in [2.05, 4.69) is 5.32 Å². The number of rotatable bonds is 9. The van der Waals surface area contributed by atoms with Gasteiger partial charge in [0.25, 0.3) is 5.91 Å². The van der Waals surface area contributed by atoms with Crippen LogP contribution in [0, 0.1) is 13.8 Å². The summed E-state index contributed by atoms with van der Waals surface area (Å²) in [5.74, 6) is -0.909. The third-order valence-electron chi connectivity index (χ3n) is 4.99. The Balaban J connectivity index is 2.16. The van der Waals surface area contributed by atoms with Crippen molar-refractivity contribution in [1.82, 2.24) is 5.32 Å². The van der Waals surface area contributed by atoms with Gasteiger partial charge >= 0.3 is 13.6 Å². The van der Waals surface area contributed by atoms with E-state index in [9.17, 15) is 14.2 Å². The third kappa shape index (κ3) is 6.02. The number of methoxy groups -OCH3 is 1. The van der Waals surface area contributed by atoms with Crippen molar-refractivity contribution in [1.29, 1.82) is 0 Å². The summed E-state index contributed by atoms with van der Waals surface area (Å²) in [4.78, 5) is 25.0. The number of esters is 1. The van der Waals surface area contributed by atoms with Crippen molar-refractivity contribution in [3.63, 3.8) is 0 Å². The summed E-state index contributed by atoms with van der Waals surface area (Å²) in [5, 5.41) is 2.76. The minimum atomic E-state index is -3.19. The van der Waals surface area contributed by atoms with Crippen LogP contribution >= 0.6 is 7.60 Å². The lowest BCUT2D eigenvalue weighted by Gasteiger charge is -2.19. The van der Waals surface area contributed by atoms with Gasteiger partial charge < -0.3 is 19.1 Å². The predicted molar refractivity (Wildman–Crippen MR) is 115 cm³/mol. The zero-order valence-corrected chi connectivity index (χ0v) is 18.8. The van der Waals surface area contributed by atoms with Gasteiger partial charge in [0, 0.05) is 26.2 Å². The summed E-state index contributed by atoms with van der Waals surface area (Å²) in [6, 6.07) is 11.6. The molecule has 1 amide bonds. The lowest BCUT2D eigenvalue weighted by molar-refractivity contribution is -0.142. The quantitative estimate of drug-likeness (QED) is 0.478. The molecule has 2 aromatic carbocycles. The van der Waals surface area contributed by atoms with E-state index in [0.717, 1.165) is 16.7 Å². The van der Waals surface area contributed by atoms with Gasteiger partial charge in [-0.15, -0.1) is 0 Å². The Labute approximate surface area is 177 Å². The van der Waals surface area contributed by atoms with Crippen LogP contribution in [0.1, 0.15) is 32.6 Å². The van der Waals surface area contributed by atoms with Crippen LogP contribution in [-0.4, -0.2) is 39.2 Å². The van der Waals surface area contributed by atoms with Crippen molar-refractivity contribution in [3.8, 4) is 0 Å². The van der Waals surface area contributed by atoms with Crippen molar-refractivity contribution in [3.05, 3.63) is 70.3 Å². The van der Waals surface area contributed by atoms with Crippen LogP contribution in [0.25, 0.3) is 0 Å². The first kappa shape index (κ1) is 23.8. The number of carbonyl (C=O) groups excluding carboxylic acids is 2. The number of ether oxygens (including phenoxy) is 1. The second-order valence-electron chi connectivity index (χ2n) is 6.95. The number of aryl methyl sites for hydroxylation is 2. The highest BCUT2D eigenvalue weighted by molar-refractivity contribution is 7.52. The van der Waals surface area contributed by atoms with Gasteiger partial charge in [0.1, 0.15) is 6.04 Å². The van der Waals surface area contributed by atoms with Crippen LogP contribution < -0.4 is 5.32 Å². The summed E-state index contributed by atoms with van der Waals surface area (Å²) in [6.07, 6.45) is 0.430. The van der Waals surface area contributed by atoms with Crippen LogP contribution in [0.3, 0.4) is 0 Å². The van der Waals surface area contributed by atoms with Gasteiger partial charge in [-0.1, -0.05) is 30.3 Å². The first-order valence-corrected chi connectivity index (χ1v) is 11.2. The van der Waals surface area contributed by atoms with Crippen LogP contribution in [0.2, 0.25) is 0 Å².